The third kappa shape index (κ3) is 4.72. The first-order chi connectivity index (χ1) is 14.1. The van der Waals surface area contributed by atoms with Crippen molar-refractivity contribution in [1.29, 1.82) is 0 Å². The molecule has 0 aliphatic carbocycles. The van der Waals surface area contributed by atoms with Crippen LogP contribution in [-0.4, -0.2) is 20.4 Å². The van der Waals surface area contributed by atoms with Gasteiger partial charge in [0.2, 0.25) is 0 Å². The molecule has 0 bridgehead atoms. The summed E-state index contributed by atoms with van der Waals surface area (Å²) < 4.78 is 16.9. The minimum absolute atomic E-state index is 0.283. The average molecular weight is 425 g/mol. The number of thioether (sulfide) groups is 1. The highest BCUT2D eigenvalue weighted by molar-refractivity contribution is 8.00. The standard InChI is InChI=1S/C21H17FN4OS2/c1-14-11-28-21(24-14)29-12-15-2-4-16(5-3-15)20(27)25-17-6-7-19(18(22)10-17)26-9-8-23-13-26/h2-11,13H,12H2,1H3,(H,25,27). The SMILES string of the molecule is Cc1csc(SCc2ccc(C(=O)Nc3ccc(-n4ccnc4)c(F)c3)cc2)n1. The van der Waals surface area contributed by atoms with Crippen LogP contribution in [0.4, 0.5) is 10.1 Å². The van der Waals surface area contributed by atoms with Crippen LogP contribution in [0.5, 0.6) is 0 Å². The van der Waals surface area contributed by atoms with Crippen LogP contribution in [-0.2, 0) is 5.75 Å². The van der Waals surface area contributed by atoms with E-state index in [1.807, 2.05) is 24.4 Å². The predicted octanol–water partition coefficient (Wildman–Crippen LogP) is 5.32. The van der Waals surface area contributed by atoms with Crippen molar-refractivity contribution in [2.45, 2.75) is 17.0 Å². The van der Waals surface area contributed by atoms with Crippen molar-refractivity contribution in [2.24, 2.45) is 0 Å². The summed E-state index contributed by atoms with van der Waals surface area (Å²) in [6, 6.07) is 12.0. The Labute approximate surface area is 175 Å². The summed E-state index contributed by atoms with van der Waals surface area (Å²) in [5.74, 6) is 0.0654. The molecule has 4 rings (SSSR count). The Balaban J connectivity index is 1.38. The molecular weight excluding hydrogens is 407 g/mol. The maximum absolute atomic E-state index is 14.3. The maximum Gasteiger partial charge on any atom is 0.255 e. The molecule has 146 valence electrons. The van der Waals surface area contributed by atoms with Gasteiger partial charge in [-0.15, -0.1) is 11.3 Å². The second kappa shape index (κ2) is 8.59. The molecule has 8 heteroatoms. The molecule has 1 amide bonds. The van der Waals surface area contributed by atoms with Gasteiger partial charge in [0.15, 0.2) is 0 Å². The highest BCUT2D eigenvalue weighted by Crippen LogP contribution is 2.26. The van der Waals surface area contributed by atoms with Crippen molar-refractivity contribution in [3.8, 4) is 5.69 Å². The number of nitrogens with one attached hydrogen (secondary N) is 1. The van der Waals surface area contributed by atoms with Crippen molar-refractivity contribution in [2.75, 3.05) is 5.32 Å². The lowest BCUT2D eigenvalue weighted by Crippen LogP contribution is -2.12. The average Bonchev–Trinajstić information content (AvgIpc) is 3.39. The van der Waals surface area contributed by atoms with Crippen molar-refractivity contribution in [3.63, 3.8) is 0 Å². The van der Waals surface area contributed by atoms with Crippen LogP contribution in [0.3, 0.4) is 0 Å². The molecular formula is C21H17FN4OS2. The first-order valence-electron chi connectivity index (χ1n) is 8.81. The molecule has 2 aromatic carbocycles. The van der Waals surface area contributed by atoms with E-state index in [1.54, 1.807) is 64.3 Å². The number of hydrogen-bond donors (Lipinski definition) is 1. The summed E-state index contributed by atoms with van der Waals surface area (Å²) in [6.07, 6.45) is 4.76. The van der Waals surface area contributed by atoms with Gasteiger partial charge in [0, 0.05) is 40.5 Å². The van der Waals surface area contributed by atoms with E-state index >= 15 is 0 Å². The van der Waals surface area contributed by atoms with Crippen LogP contribution in [0.15, 0.2) is 70.9 Å². The van der Waals surface area contributed by atoms with Crippen LogP contribution in [0.1, 0.15) is 21.6 Å². The van der Waals surface area contributed by atoms with Crippen molar-refractivity contribution in [1.82, 2.24) is 14.5 Å². The molecule has 2 aromatic heterocycles. The van der Waals surface area contributed by atoms with Crippen molar-refractivity contribution in [3.05, 3.63) is 89.2 Å². The fraction of sp³-hybridized carbons (Fsp3) is 0.0952. The first-order valence-corrected chi connectivity index (χ1v) is 10.7. The van der Waals surface area contributed by atoms with Gasteiger partial charge >= 0.3 is 0 Å². The minimum Gasteiger partial charge on any atom is -0.322 e. The quantitative estimate of drug-likeness (QED) is 0.426. The molecule has 29 heavy (non-hydrogen) atoms. The van der Waals surface area contributed by atoms with Gasteiger partial charge in [-0.25, -0.2) is 14.4 Å². The van der Waals surface area contributed by atoms with Crippen LogP contribution < -0.4 is 5.32 Å². The maximum atomic E-state index is 14.3. The Kier molecular flexibility index (Phi) is 5.73. The monoisotopic (exact) mass is 424 g/mol. The lowest BCUT2D eigenvalue weighted by atomic mass is 10.1. The number of carbonyl (C=O) groups is 1. The van der Waals surface area contributed by atoms with Gasteiger partial charge < -0.3 is 9.88 Å². The van der Waals surface area contributed by atoms with Gasteiger partial charge in [-0.1, -0.05) is 23.9 Å². The molecule has 0 fully saturated rings. The Morgan fingerprint density at radius 3 is 2.72 bits per heavy atom. The number of hydrogen-bond acceptors (Lipinski definition) is 5. The highest BCUT2D eigenvalue weighted by atomic mass is 32.2. The fourth-order valence-electron chi connectivity index (χ4n) is 2.70. The van der Waals surface area contributed by atoms with Crippen molar-refractivity contribution >= 4 is 34.7 Å². The zero-order valence-electron chi connectivity index (χ0n) is 15.5. The molecule has 0 aliphatic rings. The number of halogens is 1. The number of anilines is 1. The normalized spacial score (nSPS) is 10.8. The minimum atomic E-state index is -0.439. The predicted molar refractivity (Wildman–Crippen MR) is 114 cm³/mol. The molecule has 0 atom stereocenters. The lowest BCUT2D eigenvalue weighted by Gasteiger charge is -2.09. The smallest absolute Gasteiger partial charge is 0.255 e. The van der Waals surface area contributed by atoms with E-state index in [1.165, 1.54) is 12.4 Å². The zero-order chi connectivity index (χ0) is 20.2. The van der Waals surface area contributed by atoms with Gasteiger partial charge in [0.05, 0.1) is 12.0 Å². The van der Waals surface area contributed by atoms with Crippen LogP contribution in [0, 0.1) is 12.7 Å². The Morgan fingerprint density at radius 1 is 1.24 bits per heavy atom. The molecule has 1 N–H and O–H groups in total. The van der Waals surface area contributed by atoms with E-state index in [0.717, 1.165) is 21.3 Å². The second-order valence-electron chi connectivity index (χ2n) is 6.33. The molecule has 5 nitrogen and oxygen atoms in total. The topological polar surface area (TPSA) is 59.8 Å². The summed E-state index contributed by atoms with van der Waals surface area (Å²) in [7, 11) is 0. The third-order valence-electron chi connectivity index (χ3n) is 4.16. The van der Waals surface area contributed by atoms with Gasteiger partial charge in [0.1, 0.15) is 10.2 Å². The van der Waals surface area contributed by atoms with Gasteiger partial charge in [-0.3, -0.25) is 4.79 Å². The summed E-state index contributed by atoms with van der Waals surface area (Å²) in [6.45, 7) is 1.98. The summed E-state index contributed by atoms with van der Waals surface area (Å²) >= 11 is 3.30. The molecule has 0 saturated carbocycles. The summed E-state index contributed by atoms with van der Waals surface area (Å²) in [5, 5.41) is 4.76. The zero-order valence-corrected chi connectivity index (χ0v) is 17.1. The van der Waals surface area contributed by atoms with Gasteiger partial charge in [-0.2, -0.15) is 0 Å². The van der Waals surface area contributed by atoms with Gasteiger partial charge in [0.25, 0.3) is 5.91 Å². The number of thiazole rings is 1. The van der Waals surface area contributed by atoms with Crippen molar-refractivity contribution < 1.29 is 9.18 Å². The number of rotatable bonds is 6. The number of benzene rings is 2. The van der Waals surface area contributed by atoms with Crippen LogP contribution >= 0.6 is 23.1 Å². The number of aryl methyl sites for hydroxylation is 1. The van der Waals surface area contributed by atoms with Gasteiger partial charge in [-0.05, 0) is 42.8 Å². The Hall–Kier alpha value is -2.97. The molecule has 0 unspecified atom stereocenters. The molecule has 0 saturated heterocycles. The van der Waals surface area contributed by atoms with E-state index in [0.29, 0.717) is 16.9 Å². The number of aromatic nitrogens is 3. The summed E-state index contributed by atoms with van der Waals surface area (Å²) in [4.78, 5) is 20.8. The van der Waals surface area contributed by atoms with E-state index < -0.39 is 5.82 Å². The number of carbonyl (C=O) groups excluding carboxylic acids is 1. The van der Waals surface area contributed by atoms with Crippen LogP contribution in [0.25, 0.3) is 5.69 Å². The van der Waals surface area contributed by atoms with Crippen LogP contribution in [0.2, 0.25) is 0 Å². The first kappa shape index (κ1) is 19.4. The molecule has 0 aliphatic heterocycles. The van der Waals surface area contributed by atoms with E-state index in [4.69, 9.17) is 0 Å². The second-order valence-corrected chi connectivity index (χ2v) is 8.41. The molecule has 4 aromatic rings. The Bertz CT molecular complexity index is 1120. The Morgan fingerprint density at radius 2 is 2.07 bits per heavy atom. The van der Waals surface area contributed by atoms with E-state index in [2.05, 4.69) is 15.3 Å². The molecule has 2 heterocycles. The van der Waals surface area contributed by atoms with E-state index in [-0.39, 0.29) is 5.91 Å². The molecule has 0 spiro atoms. The number of imidazole rings is 1. The third-order valence-corrected chi connectivity index (χ3v) is 6.37. The lowest BCUT2D eigenvalue weighted by molar-refractivity contribution is 0.102. The number of amides is 1. The highest BCUT2D eigenvalue weighted by Gasteiger charge is 2.10. The summed E-state index contributed by atoms with van der Waals surface area (Å²) in [5.41, 5.74) is 3.42. The van der Waals surface area contributed by atoms with E-state index in [9.17, 15) is 9.18 Å². The largest absolute Gasteiger partial charge is 0.322 e. The fourth-order valence-corrected chi connectivity index (χ4v) is 4.50. The number of nitrogens with zero attached hydrogens (tertiary/aromatic N) is 3. The molecule has 0 radical (unpaired) electrons.